The average molecular weight is 314 g/mol. The SMILES string of the molecule is CNc1cc(NCC(C)(C)S(C)(=O)=O)nc(C(C)(C)C)n1. The summed E-state index contributed by atoms with van der Waals surface area (Å²) in [5, 5.41) is 6.11. The quantitative estimate of drug-likeness (QED) is 0.865. The van der Waals surface area contributed by atoms with Crippen molar-refractivity contribution >= 4 is 21.5 Å². The Morgan fingerprint density at radius 1 is 1.10 bits per heavy atom. The Hall–Kier alpha value is -1.37. The van der Waals surface area contributed by atoms with Gasteiger partial charge in [0.1, 0.15) is 17.5 Å². The molecule has 0 radical (unpaired) electrons. The summed E-state index contributed by atoms with van der Waals surface area (Å²) >= 11 is 0. The highest BCUT2D eigenvalue weighted by molar-refractivity contribution is 7.92. The minimum absolute atomic E-state index is 0.185. The Bertz CT molecular complexity index is 604. The van der Waals surface area contributed by atoms with Crippen LogP contribution in [-0.4, -0.2) is 43.0 Å². The first-order chi connectivity index (χ1) is 9.37. The molecule has 0 saturated heterocycles. The third-order valence-corrected chi connectivity index (χ3v) is 5.50. The van der Waals surface area contributed by atoms with E-state index in [1.165, 1.54) is 6.26 Å². The van der Waals surface area contributed by atoms with Crippen LogP contribution < -0.4 is 10.6 Å². The maximum Gasteiger partial charge on any atom is 0.154 e. The summed E-state index contributed by atoms with van der Waals surface area (Å²) in [6.45, 7) is 9.78. The molecule has 0 amide bonds. The lowest BCUT2D eigenvalue weighted by Gasteiger charge is -2.24. The van der Waals surface area contributed by atoms with Gasteiger partial charge in [-0.25, -0.2) is 18.4 Å². The summed E-state index contributed by atoms with van der Waals surface area (Å²) in [6, 6.07) is 1.77. The summed E-state index contributed by atoms with van der Waals surface area (Å²) < 4.78 is 22.6. The maximum atomic E-state index is 11.7. The highest BCUT2D eigenvalue weighted by Crippen LogP contribution is 2.23. The molecule has 0 aromatic carbocycles. The second-order valence-corrected chi connectivity index (χ2v) is 9.50. The Labute approximate surface area is 127 Å². The molecule has 0 atom stereocenters. The number of hydrogen-bond donors (Lipinski definition) is 2. The summed E-state index contributed by atoms with van der Waals surface area (Å²) in [4.78, 5) is 8.92. The van der Waals surface area contributed by atoms with Gasteiger partial charge in [0.05, 0.1) is 4.75 Å². The van der Waals surface area contributed by atoms with E-state index in [2.05, 4.69) is 20.6 Å². The first kappa shape index (κ1) is 17.7. The lowest BCUT2D eigenvalue weighted by atomic mass is 9.96. The smallest absolute Gasteiger partial charge is 0.154 e. The molecule has 0 fully saturated rings. The van der Waals surface area contributed by atoms with Crippen LogP contribution in [0.5, 0.6) is 0 Å². The summed E-state index contributed by atoms with van der Waals surface area (Å²) in [6.07, 6.45) is 1.24. The Morgan fingerprint density at radius 3 is 2.05 bits per heavy atom. The molecule has 120 valence electrons. The molecular formula is C14H26N4O2S. The van der Waals surface area contributed by atoms with E-state index >= 15 is 0 Å². The van der Waals surface area contributed by atoms with Crippen molar-refractivity contribution in [2.45, 2.75) is 44.8 Å². The summed E-state index contributed by atoms with van der Waals surface area (Å²) in [7, 11) is -1.36. The van der Waals surface area contributed by atoms with Crippen molar-refractivity contribution < 1.29 is 8.42 Å². The lowest BCUT2D eigenvalue weighted by Crippen LogP contribution is -2.38. The van der Waals surface area contributed by atoms with Gasteiger partial charge in [-0.15, -0.1) is 0 Å². The lowest BCUT2D eigenvalue weighted by molar-refractivity contribution is 0.545. The molecular weight excluding hydrogens is 288 g/mol. The molecule has 0 unspecified atom stereocenters. The highest BCUT2D eigenvalue weighted by Gasteiger charge is 2.30. The van der Waals surface area contributed by atoms with Crippen molar-refractivity contribution in [3.63, 3.8) is 0 Å². The number of nitrogens with one attached hydrogen (secondary N) is 2. The van der Waals surface area contributed by atoms with Crippen LogP contribution in [0.4, 0.5) is 11.6 Å². The van der Waals surface area contributed by atoms with Crippen molar-refractivity contribution in [2.75, 3.05) is 30.5 Å². The Balaban J connectivity index is 3.04. The average Bonchev–Trinajstić information content (AvgIpc) is 2.33. The van der Waals surface area contributed by atoms with E-state index in [9.17, 15) is 8.42 Å². The molecule has 21 heavy (non-hydrogen) atoms. The zero-order chi connectivity index (χ0) is 16.5. The molecule has 1 aromatic heterocycles. The van der Waals surface area contributed by atoms with Gasteiger partial charge in [0.15, 0.2) is 9.84 Å². The molecule has 6 nitrogen and oxygen atoms in total. The standard InChI is InChI=1S/C14H26N4O2S/c1-13(2,3)12-17-10(15-6)8-11(18-12)16-9-14(4,5)21(7,19)20/h8H,9H2,1-7H3,(H2,15,16,17,18). The van der Waals surface area contributed by atoms with Crippen molar-refractivity contribution in [1.82, 2.24) is 9.97 Å². The number of aromatic nitrogens is 2. The molecule has 2 N–H and O–H groups in total. The fraction of sp³-hybridized carbons (Fsp3) is 0.714. The minimum Gasteiger partial charge on any atom is -0.373 e. The zero-order valence-corrected chi connectivity index (χ0v) is 14.7. The van der Waals surface area contributed by atoms with Gasteiger partial charge in [-0.05, 0) is 13.8 Å². The van der Waals surface area contributed by atoms with Crippen molar-refractivity contribution in [1.29, 1.82) is 0 Å². The van der Waals surface area contributed by atoms with Crippen molar-refractivity contribution in [2.24, 2.45) is 0 Å². The molecule has 0 aliphatic rings. The molecule has 0 saturated carbocycles. The summed E-state index contributed by atoms with van der Waals surface area (Å²) in [5.74, 6) is 2.03. The van der Waals surface area contributed by atoms with Crippen molar-refractivity contribution in [3.8, 4) is 0 Å². The molecule has 0 bridgehead atoms. The monoisotopic (exact) mass is 314 g/mol. The van der Waals surface area contributed by atoms with Gasteiger partial charge in [-0.3, -0.25) is 0 Å². The third-order valence-electron chi connectivity index (χ3n) is 3.35. The number of anilines is 2. The van der Waals surface area contributed by atoms with Crippen LogP contribution in [0.2, 0.25) is 0 Å². The number of nitrogens with zero attached hydrogens (tertiary/aromatic N) is 2. The maximum absolute atomic E-state index is 11.7. The van der Waals surface area contributed by atoms with E-state index in [0.717, 1.165) is 0 Å². The molecule has 1 rings (SSSR count). The Kier molecular flexibility index (Phi) is 4.87. The normalized spacial score (nSPS) is 13.1. The van der Waals surface area contributed by atoms with Crippen LogP contribution in [0.15, 0.2) is 6.07 Å². The van der Waals surface area contributed by atoms with Gasteiger partial charge >= 0.3 is 0 Å². The zero-order valence-electron chi connectivity index (χ0n) is 13.9. The van der Waals surface area contributed by atoms with E-state index < -0.39 is 14.6 Å². The van der Waals surface area contributed by atoms with E-state index in [-0.39, 0.29) is 12.0 Å². The largest absolute Gasteiger partial charge is 0.373 e. The molecule has 7 heteroatoms. The predicted molar refractivity (Wildman–Crippen MR) is 87.7 cm³/mol. The fourth-order valence-electron chi connectivity index (χ4n) is 1.44. The van der Waals surface area contributed by atoms with Gasteiger partial charge in [0.25, 0.3) is 0 Å². The van der Waals surface area contributed by atoms with Gasteiger partial charge < -0.3 is 10.6 Å². The van der Waals surface area contributed by atoms with Crippen LogP contribution >= 0.6 is 0 Å². The fourth-order valence-corrected chi connectivity index (χ4v) is 1.77. The highest BCUT2D eigenvalue weighted by atomic mass is 32.2. The first-order valence-electron chi connectivity index (χ1n) is 6.87. The van der Waals surface area contributed by atoms with Crippen LogP contribution in [0.3, 0.4) is 0 Å². The van der Waals surface area contributed by atoms with Gasteiger partial charge in [0.2, 0.25) is 0 Å². The topological polar surface area (TPSA) is 84.0 Å². The second-order valence-electron chi connectivity index (χ2n) is 6.85. The summed E-state index contributed by atoms with van der Waals surface area (Å²) in [5.41, 5.74) is -0.185. The van der Waals surface area contributed by atoms with Crippen LogP contribution in [-0.2, 0) is 15.3 Å². The third kappa shape index (κ3) is 4.56. The van der Waals surface area contributed by atoms with E-state index in [1.54, 1.807) is 27.0 Å². The number of sulfone groups is 1. The van der Waals surface area contributed by atoms with Crippen LogP contribution in [0, 0.1) is 0 Å². The van der Waals surface area contributed by atoms with E-state index in [0.29, 0.717) is 17.5 Å². The number of hydrogen-bond acceptors (Lipinski definition) is 6. The first-order valence-corrected chi connectivity index (χ1v) is 8.77. The minimum atomic E-state index is -3.15. The van der Waals surface area contributed by atoms with Crippen molar-refractivity contribution in [3.05, 3.63) is 11.9 Å². The second kappa shape index (κ2) is 5.79. The molecule has 0 aliphatic heterocycles. The van der Waals surface area contributed by atoms with Gasteiger partial charge in [-0.2, -0.15) is 0 Å². The van der Waals surface area contributed by atoms with E-state index in [1.807, 2.05) is 20.8 Å². The Morgan fingerprint density at radius 2 is 1.62 bits per heavy atom. The molecule has 0 aliphatic carbocycles. The predicted octanol–water partition coefficient (Wildman–Crippen LogP) is 2.05. The number of rotatable bonds is 5. The molecule has 1 aromatic rings. The van der Waals surface area contributed by atoms with Crippen LogP contribution in [0.1, 0.15) is 40.4 Å². The van der Waals surface area contributed by atoms with Crippen LogP contribution in [0.25, 0.3) is 0 Å². The molecule has 1 heterocycles. The molecule has 0 spiro atoms. The van der Waals surface area contributed by atoms with E-state index in [4.69, 9.17) is 0 Å². The van der Waals surface area contributed by atoms with Gasteiger partial charge in [0, 0.05) is 31.3 Å². The van der Waals surface area contributed by atoms with Gasteiger partial charge in [-0.1, -0.05) is 20.8 Å².